The predicted octanol–water partition coefficient (Wildman–Crippen LogP) is -7.26. The second-order valence-electron chi connectivity index (χ2n) is 26.6. The number of carbonyl (C=O) groups excluding carboxylic acids is 8. The van der Waals surface area contributed by atoms with Crippen molar-refractivity contribution in [1.82, 2.24) is 42.5 Å². The van der Waals surface area contributed by atoms with Gasteiger partial charge in [0.1, 0.15) is 73.0 Å². The molecule has 0 radical (unpaired) electrons. The summed E-state index contributed by atoms with van der Waals surface area (Å²) in [7, 11) is 0. The van der Waals surface area contributed by atoms with Gasteiger partial charge in [0, 0.05) is 92.1 Å². The molecule has 3 aliphatic heterocycles. The monoisotopic (exact) mass is 1650 g/mol. The zero-order chi connectivity index (χ0) is 82.9. The van der Waals surface area contributed by atoms with Crippen LogP contribution in [0.15, 0.2) is 12.3 Å². The van der Waals surface area contributed by atoms with E-state index in [0.717, 1.165) is 12.3 Å². The van der Waals surface area contributed by atoms with E-state index in [-0.39, 0.29) is 196 Å². The number of ether oxygens (including phenoxy) is 16. The van der Waals surface area contributed by atoms with Crippen LogP contribution in [0.5, 0.6) is 0 Å². The van der Waals surface area contributed by atoms with Gasteiger partial charge in [-0.05, 0) is 38.5 Å². The lowest BCUT2D eigenvalue weighted by atomic mass is 9.90. The molecular weight excluding hydrogens is 1530 g/mol. The lowest BCUT2D eigenvalue weighted by molar-refractivity contribution is -0.197. The highest BCUT2D eigenvalue weighted by Gasteiger charge is 2.47. The Hall–Kier alpha value is -5.37. The molecule has 0 spiro atoms. The summed E-state index contributed by atoms with van der Waals surface area (Å²) in [5.41, 5.74) is -1.52. The third-order valence-electron chi connectivity index (χ3n) is 17.4. The van der Waals surface area contributed by atoms with Gasteiger partial charge < -0.3 is 164 Å². The van der Waals surface area contributed by atoms with E-state index in [0.29, 0.717) is 64.9 Å². The molecule has 8 amide bonds. The minimum atomic E-state index is -1.52. The molecular formula is C71H127ClN8O33. The maximum absolute atomic E-state index is 13.7. The van der Waals surface area contributed by atoms with Crippen molar-refractivity contribution in [1.29, 1.82) is 0 Å². The molecule has 3 fully saturated rings. The molecule has 0 bridgehead atoms. The lowest BCUT2D eigenvalue weighted by Crippen LogP contribution is -2.63. The summed E-state index contributed by atoms with van der Waals surface area (Å²) in [5.74, 6) is -3.56. The first kappa shape index (κ1) is 102. The number of hydrogen-bond donors (Lipinski definition) is 17. The third-order valence-corrected chi connectivity index (χ3v) is 17.6. The quantitative estimate of drug-likeness (QED) is 0.0116. The van der Waals surface area contributed by atoms with Crippen LogP contribution in [-0.4, -0.2) is 407 Å². The summed E-state index contributed by atoms with van der Waals surface area (Å²) < 4.78 is 91.1. The van der Waals surface area contributed by atoms with Gasteiger partial charge in [-0.3, -0.25) is 38.4 Å². The molecule has 3 rings (SSSR count). The topological polar surface area (TPSA) is 563 Å². The summed E-state index contributed by atoms with van der Waals surface area (Å²) >= 11 is 5.46. The highest BCUT2D eigenvalue weighted by Crippen LogP contribution is 2.27. The van der Waals surface area contributed by atoms with Gasteiger partial charge in [0.2, 0.25) is 47.3 Å². The van der Waals surface area contributed by atoms with Gasteiger partial charge in [-0.2, -0.15) is 0 Å². The molecule has 42 heteroatoms. The van der Waals surface area contributed by atoms with Gasteiger partial charge in [-0.25, -0.2) is 0 Å². The zero-order valence-electron chi connectivity index (χ0n) is 65.2. The predicted molar refractivity (Wildman–Crippen MR) is 396 cm³/mol. The molecule has 656 valence electrons. The summed E-state index contributed by atoms with van der Waals surface area (Å²) in [6, 6.07) is -2.66. The number of alkyl halides is 1. The van der Waals surface area contributed by atoms with E-state index >= 15 is 0 Å². The van der Waals surface area contributed by atoms with Crippen molar-refractivity contribution in [2.24, 2.45) is 0 Å². The van der Waals surface area contributed by atoms with E-state index in [4.69, 9.17) is 87.4 Å². The molecule has 3 heterocycles. The standard InChI is InChI=1S/C71H127ClN8O33/c1-48(84)77-62-51(111-54(42-81)65(92)68(62)95)7-4-18-98-29-33-102-25-14-73-57(87)10-22-108-45-71(80-60(90)13-21-101-32-37-106-39-40-107-38-36-105-28-17-76-61(91)41-72,46-109-23-11-58(88)74-15-26-103-34-30-99-19-5-8-52-63(78-49(2)85)69(96)66(93)55(43-82)112-52)47-110-24-12-59(89)75-16-27-104-35-31-100-20-6-9-53-64(79-50(3)86)70(97)67(94)56(44-83)113-53/h13,21,51-56,62-70,81-83,92-97H,4-12,14-20,22-47H2,1-3H3,(H,73,87)(H,74,88)(H,75,89)(H,76,91)(H,77,84)(H,78,85)(H,79,86)(H,80,90)/t51-,52-,53-,54-,55-,56-,62+,63+,64+,65+,66+,67+,68-,69-,70-/m1/s1. The Bertz CT molecular complexity index is 2410. The molecule has 3 saturated heterocycles. The van der Waals surface area contributed by atoms with Gasteiger partial charge in [0.25, 0.3) is 0 Å². The normalized spacial score (nSPS) is 23.8. The van der Waals surface area contributed by atoms with Gasteiger partial charge in [-0.15, -0.1) is 11.6 Å². The summed E-state index contributed by atoms with van der Waals surface area (Å²) in [6.45, 7) is 5.64. The third kappa shape index (κ3) is 45.2. The number of carbonyl (C=O) groups is 8. The SMILES string of the molecule is CC(=O)N[C@@H]1[C@@H](O)[C@@H](O)[C@@H](CO)O[C@@H]1CCCOCCOCCNC(=O)CCOCC(COCCC(=O)NCCOCCOCCC[C@H]1O[C@H](CO)[C@H](O)[C@H](O)[C@H]1NC(C)=O)(COCCC(=O)NCCOCCOCCC[C@H]1O[C@H](CO)[C@H](O)[C@H](O)[C@H]1NC(C)=O)NC(=O)C=COCCOCCOCCOCCNC(=O)CCl. The highest BCUT2D eigenvalue weighted by atomic mass is 35.5. The molecule has 0 aromatic heterocycles. The molecule has 0 unspecified atom stereocenters. The van der Waals surface area contributed by atoms with Gasteiger partial charge in [0.05, 0.1) is 201 Å². The van der Waals surface area contributed by atoms with Crippen LogP contribution in [0, 0.1) is 0 Å². The lowest BCUT2D eigenvalue weighted by Gasteiger charge is -2.42. The smallest absolute Gasteiger partial charge is 0.247 e. The fourth-order valence-electron chi connectivity index (χ4n) is 11.7. The van der Waals surface area contributed by atoms with Crippen molar-refractivity contribution >= 4 is 58.9 Å². The Morgan fingerprint density at radius 1 is 0.354 bits per heavy atom. The summed E-state index contributed by atoms with van der Waals surface area (Å²) in [6.07, 6.45) is -9.01. The second kappa shape index (κ2) is 62.8. The molecule has 15 atom stereocenters. The van der Waals surface area contributed by atoms with Crippen LogP contribution < -0.4 is 42.5 Å². The van der Waals surface area contributed by atoms with Gasteiger partial charge in [-0.1, -0.05) is 0 Å². The van der Waals surface area contributed by atoms with E-state index in [1.54, 1.807) is 0 Å². The van der Waals surface area contributed by atoms with E-state index in [2.05, 4.69) is 42.5 Å². The first-order valence-electron chi connectivity index (χ1n) is 38.3. The Morgan fingerprint density at radius 2 is 0.628 bits per heavy atom. The highest BCUT2D eigenvalue weighted by molar-refractivity contribution is 6.27. The Balaban J connectivity index is 1.56. The number of rotatable bonds is 67. The van der Waals surface area contributed by atoms with Crippen LogP contribution in [0.25, 0.3) is 0 Å². The van der Waals surface area contributed by atoms with E-state index in [1.165, 1.54) is 20.8 Å². The first-order chi connectivity index (χ1) is 54.5. The van der Waals surface area contributed by atoms with Crippen molar-refractivity contribution in [2.75, 3.05) is 217 Å². The van der Waals surface area contributed by atoms with Crippen molar-refractivity contribution in [3.05, 3.63) is 12.3 Å². The first-order valence-corrected chi connectivity index (χ1v) is 38.9. The number of aliphatic hydroxyl groups excluding tert-OH is 9. The van der Waals surface area contributed by atoms with Gasteiger partial charge in [0.15, 0.2) is 0 Å². The van der Waals surface area contributed by atoms with Crippen LogP contribution in [-0.2, 0) is 114 Å². The van der Waals surface area contributed by atoms with Crippen molar-refractivity contribution < 1.29 is 160 Å². The Kier molecular flexibility index (Phi) is 56.6. The average molecular weight is 1660 g/mol. The molecule has 0 aliphatic carbocycles. The van der Waals surface area contributed by atoms with E-state index in [1.807, 2.05) is 0 Å². The molecule has 17 N–H and O–H groups in total. The van der Waals surface area contributed by atoms with Crippen molar-refractivity contribution in [3.8, 4) is 0 Å². The molecule has 0 saturated carbocycles. The van der Waals surface area contributed by atoms with Gasteiger partial charge >= 0.3 is 0 Å². The number of aliphatic hydroxyl groups is 9. The minimum absolute atomic E-state index is 0.0545. The fraction of sp³-hybridized carbons (Fsp3) is 0.859. The Labute approximate surface area is 664 Å². The fourth-order valence-corrected chi connectivity index (χ4v) is 11.8. The largest absolute Gasteiger partial charge is 0.499 e. The molecule has 113 heavy (non-hydrogen) atoms. The van der Waals surface area contributed by atoms with Crippen LogP contribution in [0.1, 0.15) is 78.6 Å². The molecule has 41 nitrogen and oxygen atoms in total. The summed E-state index contributed by atoms with van der Waals surface area (Å²) in [5, 5.41) is 113. The molecule has 0 aromatic rings. The molecule has 0 aromatic carbocycles. The van der Waals surface area contributed by atoms with Crippen molar-refractivity contribution in [3.63, 3.8) is 0 Å². The number of hydrogen-bond acceptors (Lipinski definition) is 33. The van der Waals surface area contributed by atoms with Crippen LogP contribution in [0.4, 0.5) is 0 Å². The minimum Gasteiger partial charge on any atom is -0.499 e. The van der Waals surface area contributed by atoms with Crippen LogP contribution >= 0.6 is 11.6 Å². The van der Waals surface area contributed by atoms with Crippen LogP contribution in [0.2, 0.25) is 0 Å². The number of halogens is 1. The van der Waals surface area contributed by atoms with E-state index < -0.39 is 158 Å². The molecule has 3 aliphatic rings. The number of amides is 8. The maximum Gasteiger partial charge on any atom is 0.247 e. The zero-order valence-corrected chi connectivity index (χ0v) is 66.0. The summed E-state index contributed by atoms with van der Waals surface area (Å²) in [4.78, 5) is 99.3. The Morgan fingerprint density at radius 3 is 0.912 bits per heavy atom. The number of nitrogens with one attached hydrogen (secondary N) is 8. The average Bonchev–Trinajstić information content (AvgIpc) is 0.821. The maximum atomic E-state index is 13.7. The van der Waals surface area contributed by atoms with E-state index in [9.17, 15) is 84.3 Å². The van der Waals surface area contributed by atoms with Crippen LogP contribution in [0.3, 0.4) is 0 Å². The second-order valence-corrected chi connectivity index (χ2v) is 26.9. The van der Waals surface area contributed by atoms with Crippen molar-refractivity contribution in [2.45, 2.75) is 175 Å².